The van der Waals surface area contributed by atoms with E-state index in [0.717, 1.165) is 10.0 Å². The van der Waals surface area contributed by atoms with Crippen LogP contribution in [0.1, 0.15) is 13.8 Å². The highest BCUT2D eigenvalue weighted by Crippen LogP contribution is 2.31. The third kappa shape index (κ3) is 3.21. The molecule has 0 atom stereocenters. The largest absolute Gasteiger partial charge is 0.497 e. The maximum absolute atomic E-state index is 11.3. The maximum Gasteiger partial charge on any atom is 0.310 e. The normalized spacial score (nSPS) is 11.4. The van der Waals surface area contributed by atoms with Gasteiger partial charge in [0.25, 0.3) is 0 Å². The maximum atomic E-state index is 11.3. The van der Waals surface area contributed by atoms with Gasteiger partial charge < -0.3 is 9.84 Å². The van der Waals surface area contributed by atoms with Gasteiger partial charge >= 0.3 is 5.97 Å². The molecule has 0 saturated carbocycles. The number of tetrazole rings is 1. The number of carboxylic acid groups (broad SMARTS) is 1. The molecule has 112 valence electrons. The number of aliphatic carboxylic acids is 1. The molecule has 0 fully saturated rings. The van der Waals surface area contributed by atoms with Gasteiger partial charge in [0.2, 0.25) is 0 Å². The van der Waals surface area contributed by atoms with Crippen molar-refractivity contribution in [3.8, 4) is 17.1 Å². The summed E-state index contributed by atoms with van der Waals surface area (Å²) < 4.78 is 7.47. The lowest BCUT2D eigenvalue weighted by atomic mass is 9.94. The first-order chi connectivity index (χ1) is 9.85. The van der Waals surface area contributed by atoms with Gasteiger partial charge in [0, 0.05) is 10.0 Å². The molecule has 1 aromatic carbocycles. The van der Waals surface area contributed by atoms with Crippen LogP contribution in [0.3, 0.4) is 0 Å². The molecule has 0 amide bonds. The minimum Gasteiger partial charge on any atom is -0.497 e. The Balaban J connectivity index is 2.43. The van der Waals surface area contributed by atoms with Crippen molar-refractivity contribution in [3.63, 3.8) is 0 Å². The third-order valence-corrected chi connectivity index (χ3v) is 3.76. The van der Waals surface area contributed by atoms with Crippen LogP contribution >= 0.6 is 15.9 Å². The predicted molar refractivity (Wildman–Crippen MR) is 78.9 cm³/mol. The summed E-state index contributed by atoms with van der Waals surface area (Å²) in [6.07, 6.45) is 0. The topological polar surface area (TPSA) is 90.1 Å². The number of benzene rings is 1. The van der Waals surface area contributed by atoms with Crippen LogP contribution < -0.4 is 4.74 Å². The molecule has 2 aromatic rings. The standard InChI is InChI=1S/C13H15BrN4O3/c1-13(2,12(19)20)7-18-11(15-16-17-18)9-6-8(21-3)4-5-10(9)14/h4-6H,7H2,1-3H3,(H,19,20). The number of aromatic nitrogens is 4. The first-order valence-corrected chi connectivity index (χ1v) is 6.98. The fraction of sp³-hybridized carbons (Fsp3) is 0.385. The molecule has 7 nitrogen and oxygen atoms in total. The molecule has 0 aliphatic rings. The van der Waals surface area contributed by atoms with Crippen LogP contribution in [0.2, 0.25) is 0 Å². The molecule has 8 heteroatoms. The highest BCUT2D eigenvalue weighted by molar-refractivity contribution is 9.10. The van der Waals surface area contributed by atoms with Crippen molar-refractivity contribution in [2.24, 2.45) is 5.41 Å². The van der Waals surface area contributed by atoms with E-state index in [1.807, 2.05) is 12.1 Å². The Morgan fingerprint density at radius 2 is 2.19 bits per heavy atom. The van der Waals surface area contributed by atoms with Gasteiger partial charge in [-0.3, -0.25) is 4.79 Å². The number of nitrogens with zero attached hydrogens (tertiary/aromatic N) is 4. The third-order valence-electron chi connectivity index (χ3n) is 3.07. The molecular weight excluding hydrogens is 340 g/mol. The zero-order chi connectivity index (χ0) is 15.6. The van der Waals surface area contributed by atoms with Crippen LogP contribution in [-0.4, -0.2) is 38.4 Å². The van der Waals surface area contributed by atoms with Crippen molar-refractivity contribution in [1.29, 1.82) is 0 Å². The summed E-state index contributed by atoms with van der Waals surface area (Å²) in [4.78, 5) is 11.3. The Bertz CT molecular complexity index is 669. The number of carboxylic acids is 1. The summed E-state index contributed by atoms with van der Waals surface area (Å²) in [6, 6.07) is 5.43. The summed E-state index contributed by atoms with van der Waals surface area (Å²) in [6.45, 7) is 3.41. The van der Waals surface area contributed by atoms with Gasteiger partial charge in [-0.1, -0.05) is 15.9 Å². The summed E-state index contributed by atoms with van der Waals surface area (Å²) in [7, 11) is 1.57. The number of hydrogen-bond donors (Lipinski definition) is 1. The Morgan fingerprint density at radius 3 is 2.81 bits per heavy atom. The molecule has 0 saturated heterocycles. The van der Waals surface area contributed by atoms with E-state index in [9.17, 15) is 9.90 Å². The zero-order valence-electron chi connectivity index (χ0n) is 11.9. The van der Waals surface area contributed by atoms with Gasteiger partial charge in [-0.15, -0.1) is 5.10 Å². The molecule has 0 unspecified atom stereocenters. The van der Waals surface area contributed by atoms with Crippen LogP contribution in [0.5, 0.6) is 5.75 Å². The molecule has 0 spiro atoms. The van der Waals surface area contributed by atoms with Gasteiger partial charge in [0.1, 0.15) is 5.75 Å². The molecule has 0 aliphatic carbocycles. The van der Waals surface area contributed by atoms with E-state index in [1.54, 1.807) is 27.0 Å². The van der Waals surface area contributed by atoms with Crippen LogP contribution in [0.4, 0.5) is 0 Å². The average Bonchev–Trinajstić information content (AvgIpc) is 2.86. The molecule has 2 rings (SSSR count). The fourth-order valence-electron chi connectivity index (χ4n) is 1.75. The molecule has 21 heavy (non-hydrogen) atoms. The number of hydrogen-bond acceptors (Lipinski definition) is 5. The molecule has 0 bridgehead atoms. The van der Waals surface area contributed by atoms with Crippen LogP contribution in [0, 0.1) is 5.41 Å². The molecule has 0 radical (unpaired) electrons. The molecular formula is C13H15BrN4O3. The Hall–Kier alpha value is -1.96. The first kappa shape index (κ1) is 15.4. The Morgan fingerprint density at radius 1 is 1.48 bits per heavy atom. The van der Waals surface area contributed by atoms with Crippen molar-refractivity contribution < 1.29 is 14.6 Å². The van der Waals surface area contributed by atoms with Crippen molar-refractivity contribution in [2.45, 2.75) is 20.4 Å². The Labute approximate surface area is 130 Å². The minimum atomic E-state index is -0.977. The smallest absolute Gasteiger partial charge is 0.310 e. The van der Waals surface area contributed by atoms with Crippen LogP contribution in [0.25, 0.3) is 11.4 Å². The molecule has 0 aliphatic heterocycles. The SMILES string of the molecule is COc1ccc(Br)c(-c2nnnn2CC(C)(C)C(=O)O)c1. The van der Waals surface area contributed by atoms with Gasteiger partial charge in [0.15, 0.2) is 5.82 Å². The van der Waals surface area contributed by atoms with E-state index in [-0.39, 0.29) is 6.54 Å². The first-order valence-electron chi connectivity index (χ1n) is 6.18. The lowest BCUT2D eigenvalue weighted by molar-refractivity contribution is -0.147. The fourth-order valence-corrected chi connectivity index (χ4v) is 2.17. The van der Waals surface area contributed by atoms with E-state index >= 15 is 0 Å². The summed E-state index contributed by atoms with van der Waals surface area (Å²) >= 11 is 3.44. The van der Waals surface area contributed by atoms with Crippen LogP contribution in [-0.2, 0) is 11.3 Å². The highest BCUT2D eigenvalue weighted by Gasteiger charge is 2.30. The van der Waals surface area contributed by atoms with Crippen LogP contribution in [0.15, 0.2) is 22.7 Å². The predicted octanol–water partition coefficient (Wildman–Crippen LogP) is 2.22. The van der Waals surface area contributed by atoms with Crippen molar-refractivity contribution in [1.82, 2.24) is 20.2 Å². The van der Waals surface area contributed by atoms with Gasteiger partial charge in [-0.25, -0.2) is 4.68 Å². The average molecular weight is 355 g/mol. The van der Waals surface area contributed by atoms with Gasteiger partial charge in [-0.2, -0.15) is 0 Å². The van der Waals surface area contributed by atoms with E-state index in [2.05, 4.69) is 31.5 Å². The summed E-state index contributed by atoms with van der Waals surface area (Å²) in [5.41, 5.74) is -0.240. The van der Waals surface area contributed by atoms with Crippen molar-refractivity contribution >= 4 is 21.9 Å². The quantitative estimate of drug-likeness (QED) is 0.885. The van der Waals surface area contributed by atoms with Gasteiger partial charge in [-0.05, 0) is 42.5 Å². The number of methoxy groups -OCH3 is 1. The number of halogens is 1. The number of carbonyl (C=O) groups is 1. The zero-order valence-corrected chi connectivity index (χ0v) is 13.5. The Kier molecular flexibility index (Phi) is 4.26. The second kappa shape index (κ2) is 5.80. The second-order valence-corrected chi connectivity index (χ2v) is 6.05. The summed E-state index contributed by atoms with van der Waals surface area (Å²) in [5.74, 6) is 0.240. The molecule has 1 aromatic heterocycles. The van der Waals surface area contributed by atoms with E-state index < -0.39 is 11.4 Å². The second-order valence-electron chi connectivity index (χ2n) is 5.19. The van der Waals surface area contributed by atoms with Crippen molar-refractivity contribution in [2.75, 3.05) is 7.11 Å². The van der Waals surface area contributed by atoms with E-state index in [0.29, 0.717) is 11.6 Å². The number of ether oxygens (including phenoxy) is 1. The van der Waals surface area contributed by atoms with Crippen molar-refractivity contribution in [3.05, 3.63) is 22.7 Å². The van der Waals surface area contributed by atoms with Gasteiger partial charge in [0.05, 0.1) is 19.1 Å². The number of rotatable bonds is 5. The lowest BCUT2D eigenvalue weighted by Gasteiger charge is -2.19. The highest BCUT2D eigenvalue weighted by atomic mass is 79.9. The summed E-state index contributed by atoms with van der Waals surface area (Å²) in [5, 5.41) is 20.8. The van der Waals surface area contributed by atoms with E-state index in [4.69, 9.17) is 4.74 Å². The monoisotopic (exact) mass is 354 g/mol. The molecule has 1 heterocycles. The molecule has 1 N–H and O–H groups in total. The van der Waals surface area contributed by atoms with E-state index in [1.165, 1.54) is 4.68 Å². The lowest BCUT2D eigenvalue weighted by Crippen LogP contribution is -2.30. The minimum absolute atomic E-state index is 0.161.